The third kappa shape index (κ3) is 3.30. The molecule has 2 atom stereocenters. The van der Waals surface area contributed by atoms with Crippen LogP contribution in [0.1, 0.15) is 23.1 Å². The lowest BCUT2D eigenvalue weighted by atomic mass is 9.95. The van der Waals surface area contributed by atoms with E-state index in [2.05, 4.69) is 11.4 Å². The summed E-state index contributed by atoms with van der Waals surface area (Å²) in [6.45, 7) is 2.26. The van der Waals surface area contributed by atoms with Gasteiger partial charge in [-0.3, -0.25) is 4.79 Å². The van der Waals surface area contributed by atoms with Crippen molar-refractivity contribution in [1.29, 1.82) is 0 Å². The van der Waals surface area contributed by atoms with Gasteiger partial charge in [-0.25, -0.2) is 13.6 Å². The number of halogens is 2. The van der Waals surface area contributed by atoms with Gasteiger partial charge >= 0.3 is 6.03 Å². The number of methoxy groups -OCH3 is 1. The fourth-order valence-electron chi connectivity index (χ4n) is 4.98. The molecule has 3 amide bonds. The summed E-state index contributed by atoms with van der Waals surface area (Å²) in [6.07, 6.45) is 3.08. The largest absolute Gasteiger partial charge is 0.497 e. The Hall–Kier alpha value is -3.42. The van der Waals surface area contributed by atoms with E-state index in [0.717, 1.165) is 34.9 Å². The van der Waals surface area contributed by atoms with Crippen LogP contribution in [0.4, 0.5) is 19.3 Å². The number of carbonyl (C=O) groups is 2. The van der Waals surface area contributed by atoms with Crippen molar-refractivity contribution in [1.82, 2.24) is 9.80 Å². The highest BCUT2D eigenvalue weighted by atomic mass is 19.2. The van der Waals surface area contributed by atoms with Gasteiger partial charge in [-0.1, -0.05) is 12.1 Å². The van der Waals surface area contributed by atoms with Crippen LogP contribution in [0.2, 0.25) is 0 Å². The molecular formula is C24H23F2N3O3. The van der Waals surface area contributed by atoms with E-state index in [9.17, 15) is 18.4 Å². The Bertz CT molecular complexity index is 1160. The van der Waals surface area contributed by atoms with Crippen LogP contribution in [-0.4, -0.2) is 48.0 Å². The van der Waals surface area contributed by atoms with Gasteiger partial charge in [0.25, 0.3) is 0 Å². The van der Waals surface area contributed by atoms with E-state index in [4.69, 9.17) is 4.74 Å². The minimum atomic E-state index is -1.000. The average Bonchev–Trinajstić information content (AvgIpc) is 3.38. The summed E-state index contributed by atoms with van der Waals surface area (Å²) in [5.41, 5.74) is 3.54. The number of benzene rings is 2. The van der Waals surface area contributed by atoms with Gasteiger partial charge in [-0.05, 0) is 60.2 Å². The predicted molar refractivity (Wildman–Crippen MR) is 115 cm³/mol. The summed E-state index contributed by atoms with van der Waals surface area (Å²) in [4.78, 5) is 28.6. The third-order valence-corrected chi connectivity index (χ3v) is 6.57. The van der Waals surface area contributed by atoms with E-state index in [1.54, 1.807) is 12.0 Å². The number of urea groups is 1. The highest BCUT2D eigenvalue weighted by Crippen LogP contribution is 2.43. The molecule has 32 heavy (non-hydrogen) atoms. The SMILES string of the molecule is COc1ccc(C2=C[C@@H]3C[C@H]2N(C(=O)CN2Cc4c(ccc(F)c4F)NC2=O)C3)c(C)c1. The number of carbonyl (C=O) groups excluding carboxylic acids is 2. The van der Waals surface area contributed by atoms with Crippen LogP contribution in [0.25, 0.3) is 5.57 Å². The zero-order chi connectivity index (χ0) is 22.6. The van der Waals surface area contributed by atoms with Crippen LogP contribution >= 0.6 is 0 Å². The molecule has 1 N–H and O–H groups in total. The smallest absolute Gasteiger partial charge is 0.322 e. The van der Waals surface area contributed by atoms with E-state index in [1.165, 1.54) is 11.0 Å². The lowest BCUT2D eigenvalue weighted by Gasteiger charge is -2.33. The van der Waals surface area contributed by atoms with Crippen LogP contribution in [0, 0.1) is 24.5 Å². The number of nitrogens with one attached hydrogen (secondary N) is 1. The Morgan fingerprint density at radius 1 is 1.25 bits per heavy atom. The Balaban J connectivity index is 1.33. The van der Waals surface area contributed by atoms with E-state index in [0.29, 0.717) is 6.54 Å². The van der Waals surface area contributed by atoms with Crippen molar-refractivity contribution >= 4 is 23.2 Å². The molecule has 3 aliphatic rings. The van der Waals surface area contributed by atoms with Crippen LogP contribution in [0.15, 0.2) is 36.4 Å². The standard InChI is InChI=1S/C24H23F2N3O3/c1-13-7-15(32-2)3-4-16(13)17-8-14-9-21(17)29(10-14)22(30)12-28-11-18-20(27-24(28)31)6-5-19(25)23(18)26/h3-8,14,21H,9-12H2,1-2H3,(H,27,31)/t14-,21-/m1/s1. The topological polar surface area (TPSA) is 61.9 Å². The monoisotopic (exact) mass is 439 g/mol. The van der Waals surface area contributed by atoms with E-state index in [-0.39, 0.29) is 42.2 Å². The maximum atomic E-state index is 14.2. The highest BCUT2D eigenvalue weighted by molar-refractivity contribution is 5.95. The van der Waals surface area contributed by atoms with Crippen molar-refractivity contribution in [3.63, 3.8) is 0 Å². The van der Waals surface area contributed by atoms with Crippen LogP contribution < -0.4 is 10.1 Å². The van der Waals surface area contributed by atoms with Crippen molar-refractivity contribution in [2.24, 2.45) is 5.92 Å². The number of hydrogen-bond acceptors (Lipinski definition) is 3. The number of ether oxygens (including phenoxy) is 1. The van der Waals surface area contributed by atoms with Crippen molar-refractivity contribution < 1.29 is 23.1 Å². The molecule has 0 radical (unpaired) electrons. The number of amides is 3. The van der Waals surface area contributed by atoms with Crippen molar-refractivity contribution in [2.75, 3.05) is 25.5 Å². The zero-order valence-electron chi connectivity index (χ0n) is 17.8. The molecule has 5 rings (SSSR count). The Labute approximate surface area is 184 Å². The second-order valence-electron chi connectivity index (χ2n) is 8.53. The Morgan fingerprint density at radius 3 is 2.78 bits per heavy atom. The second-order valence-corrected chi connectivity index (χ2v) is 8.53. The maximum Gasteiger partial charge on any atom is 0.322 e. The van der Waals surface area contributed by atoms with Crippen molar-refractivity contribution in [3.8, 4) is 5.75 Å². The van der Waals surface area contributed by atoms with Crippen LogP contribution in [0.3, 0.4) is 0 Å². The Kier molecular flexibility index (Phi) is 4.87. The number of rotatable bonds is 4. The van der Waals surface area contributed by atoms with Gasteiger partial charge < -0.3 is 19.9 Å². The van der Waals surface area contributed by atoms with Crippen molar-refractivity contribution in [3.05, 3.63) is 64.7 Å². The summed E-state index contributed by atoms with van der Waals surface area (Å²) in [5.74, 6) is -1.14. The molecule has 0 unspecified atom stereocenters. The summed E-state index contributed by atoms with van der Waals surface area (Å²) in [5, 5.41) is 2.55. The molecule has 2 bridgehead atoms. The molecular weight excluding hydrogens is 416 g/mol. The van der Waals surface area contributed by atoms with Gasteiger partial charge in [0.2, 0.25) is 5.91 Å². The van der Waals surface area contributed by atoms with E-state index >= 15 is 0 Å². The number of fused-ring (bicyclic) bond motifs is 3. The van der Waals surface area contributed by atoms with Gasteiger partial charge in [0.15, 0.2) is 11.6 Å². The van der Waals surface area contributed by atoms with Crippen LogP contribution in [0.5, 0.6) is 5.75 Å². The minimum Gasteiger partial charge on any atom is -0.497 e. The molecule has 2 aromatic rings. The molecule has 2 aromatic carbocycles. The minimum absolute atomic E-state index is 0.0507. The average molecular weight is 439 g/mol. The van der Waals surface area contributed by atoms with Gasteiger partial charge in [0, 0.05) is 12.1 Å². The molecule has 1 fully saturated rings. The number of nitrogens with zero attached hydrogens (tertiary/aromatic N) is 2. The van der Waals surface area contributed by atoms with Crippen LogP contribution in [-0.2, 0) is 11.3 Å². The molecule has 2 heterocycles. The molecule has 0 saturated carbocycles. The molecule has 1 saturated heterocycles. The fraction of sp³-hybridized carbons (Fsp3) is 0.333. The lowest BCUT2D eigenvalue weighted by molar-refractivity contribution is -0.132. The molecule has 0 aromatic heterocycles. The fourth-order valence-corrected chi connectivity index (χ4v) is 4.98. The number of hydrogen-bond donors (Lipinski definition) is 1. The number of aryl methyl sites for hydroxylation is 1. The molecule has 2 aliphatic heterocycles. The lowest BCUT2D eigenvalue weighted by Crippen LogP contribution is -2.48. The summed E-state index contributed by atoms with van der Waals surface area (Å²) in [6, 6.07) is 7.64. The van der Waals surface area contributed by atoms with E-state index in [1.807, 2.05) is 25.1 Å². The first-order valence-electron chi connectivity index (χ1n) is 10.5. The van der Waals surface area contributed by atoms with Gasteiger partial charge in [-0.15, -0.1) is 0 Å². The third-order valence-electron chi connectivity index (χ3n) is 6.57. The molecule has 0 spiro atoms. The van der Waals surface area contributed by atoms with Gasteiger partial charge in [-0.2, -0.15) is 0 Å². The Morgan fingerprint density at radius 2 is 2.06 bits per heavy atom. The van der Waals surface area contributed by atoms with E-state index < -0.39 is 17.7 Å². The van der Waals surface area contributed by atoms with Crippen molar-refractivity contribution in [2.45, 2.75) is 25.9 Å². The first kappa shape index (κ1) is 20.5. The highest BCUT2D eigenvalue weighted by Gasteiger charge is 2.43. The molecule has 166 valence electrons. The predicted octanol–water partition coefficient (Wildman–Crippen LogP) is 3.94. The number of anilines is 1. The first-order chi connectivity index (χ1) is 15.4. The maximum absolute atomic E-state index is 14.2. The summed E-state index contributed by atoms with van der Waals surface area (Å²) >= 11 is 0. The first-order valence-corrected chi connectivity index (χ1v) is 10.5. The van der Waals surface area contributed by atoms with Gasteiger partial charge in [0.05, 0.1) is 25.4 Å². The second kappa shape index (κ2) is 7.62. The molecule has 6 nitrogen and oxygen atoms in total. The normalized spacial score (nSPS) is 21.4. The van der Waals surface area contributed by atoms with Gasteiger partial charge in [0.1, 0.15) is 12.3 Å². The molecule has 8 heteroatoms. The summed E-state index contributed by atoms with van der Waals surface area (Å²) in [7, 11) is 1.63. The quantitative estimate of drug-likeness (QED) is 0.785. The molecule has 1 aliphatic carbocycles. The number of likely N-dealkylation sites (tertiary alicyclic amines) is 1. The zero-order valence-corrected chi connectivity index (χ0v) is 17.8. The summed E-state index contributed by atoms with van der Waals surface area (Å²) < 4.78 is 33.1.